The summed E-state index contributed by atoms with van der Waals surface area (Å²) in [5.41, 5.74) is 7.49. The summed E-state index contributed by atoms with van der Waals surface area (Å²) in [5, 5.41) is 3.18. The van der Waals surface area contributed by atoms with E-state index in [0.717, 1.165) is 33.8 Å². The molecule has 3 aromatic carbocycles. The van der Waals surface area contributed by atoms with Gasteiger partial charge in [-0.15, -0.1) is 11.8 Å². The van der Waals surface area contributed by atoms with E-state index in [-0.39, 0.29) is 12.1 Å². The lowest BCUT2D eigenvalue weighted by molar-refractivity contribution is 0.194. The van der Waals surface area contributed by atoms with Crippen LogP contribution in [0.15, 0.2) is 90.0 Å². The van der Waals surface area contributed by atoms with E-state index in [2.05, 4.69) is 89.9 Å². The summed E-state index contributed by atoms with van der Waals surface area (Å²) in [6.45, 7) is 4.61. The largest absolute Gasteiger partial charge is 0.322 e. The molecule has 5 rings (SSSR count). The number of hydrogen-bond acceptors (Lipinski definition) is 2. The maximum atomic E-state index is 13.8. The first kappa shape index (κ1) is 21.4. The number of nitrogens with zero attached hydrogens (tertiary/aromatic N) is 2. The molecule has 33 heavy (non-hydrogen) atoms. The summed E-state index contributed by atoms with van der Waals surface area (Å²) in [7, 11) is 0. The van der Waals surface area contributed by atoms with Crippen molar-refractivity contribution in [3.63, 3.8) is 0 Å². The van der Waals surface area contributed by atoms with Crippen molar-refractivity contribution in [3.05, 3.63) is 113 Å². The number of rotatable bonds is 3. The Bertz CT molecular complexity index is 1310. The molecule has 5 heteroatoms. The number of para-hydroxylation sites is 1. The average Bonchev–Trinajstić information content (AvgIpc) is 3.25. The van der Waals surface area contributed by atoms with E-state index in [1.165, 1.54) is 10.5 Å². The second kappa shape index (κ2) is 8.83. The first-order valence-electron chi connectivity index (χ1n) is 11.1. The minimum Gasteiger partial charge on any atom is -0.318 e. The molecule has 0 bridgehead atoms. The van der Waals surface area contributed by atoms with Crippen molar-refractivity contribution in [2.75, 3.05) is 11.6 Å². The summed E-state index contributed by atoms with van der Waals surface area (Å²) >= 11 is 1.72. The number of hydrogen-bond donors (Lipinski definition) is 1. The zero-order valence-electron chi connectivity index (χ0n) is 19.1. The van der Waals surface area contributed by atoms with Crippen LogP contribution in [0.3, 0.4) is 0 Å². The number of aromatic nitrogens is 1. The molecule has 1 N–H and O–H groups in total. The predicted octanol–water partition coefficient (Wildman–Crippen LogP) is 6.95. The van der Waals surface area contributed by atoms with Gasteiger partial charge in [0.25, 0.3) is 0 Å². The minimum atomic E-state index is -0.214. The van der Waals surface area contributed by atoms with Gasteiger partial charge in [0.1, 0.15) is 0 Å². The van der Waals surface area contributed by atoms with Gasteiger partial charge in [-0.25, -0.2) is 4.79 Å². The molecular weight excluding hydrogens is 426 g/mol. The fourth-order valence-corrected chi connectivity index (χ4v) is 5.03. The zero-order chi connectivity index (χ0) is 22.9. The maximum absolute atomic E-state index is 13.8. The normalized spacial score (nSPS) is 14.9. The lowest BCUT2D eigenvalue weighted by atomic mass is 10.0. The molecule has 1 atom stereocenters. The van der Waals surface area contributed by atoms with Crippen LogP contribution in [0.25, 0.3) is 5.69 Å². The number of carbonyl (C=O) groups is 1. The Morgan fingerprint density at radius 1 is 0.970 bits per heavy atom. The van der Waals surface area contributed by atoms with Crippen LogP contribution in [0.2, 0.25) is 0 Å². The highest BCUT2D eigenvalue weighted by atomic mass is 32.2. The van der Waals surface area contributed by atoms with Crippen LogP contribution in [0.1, 0.15) is 34.0 Å². The van der Waals surface area contributed by atoms with E-state index in [1.807, 2.05) is 30.0 Å². The molecule has 4 nitrogen and oxygen atoms in total. The van der Waals surface area contributed by atoms with E-state index < -0.39 is 0 Å². The number of fused-ring (bicyclic) bond motifs is 3. The average molecular weight is 454 g/mol. The smallest absolute Gasteiger partial charge is 0.318 e. The number of nitrogens with one attached hydrogen (secondary N) is 1. The van der Waals surface area contributed by atoms with Gasteiger partial charge in [0.05, 0.1) is 18.3 Å². The van der Waals surface area contributed by atoms with Gasteiger partial charge in [0, 0.05) is 22.5 Å². The summed E-state index contributed by atoms with van der Waals surface area (Å²) in [6, 6.07) is 26.8. The Kier molecular flexibility index (Phi) is 5.73. The van der Waals surface area contributed by atoms with Crippen LogP contribution in [0.4, 0.5) is 10.5 Å². The highest BCUT2D eigenvalue weighted by Crippen LogP contribution is 2.37. The van der Waals surface area contributed by atoms with E-state index in [1.54, 1.807) is 11.8 Å². The van der Waals surface area contributed by atoms with Crippen LogP contribution < -0.4 is 5.32 Å². The molecule has 0 saturated heterocycles. The molecule has 1 aliphatic rings. The van der Waals surface area contributed by atoms with Crippen molar-refractivity contribution in [2.45, 2.75) is 31.3 Å². The third-order valence-corrected chi connectivity index (χ3v) is 7.02. The molecule has 2 amide bonds. The molecule has 0 spiro atoms. The summed E-state index contributed by atoms with van der Waals surface area (Å²) in [4.78, 5) is 17.0. The number of thioether (sulfide) groups is 1. The second-order valence-corrected chi connectivity index (χ2v) is 9.36. The second-order valence-electron chi connectivity index (χ2n) is 8.48. The zero-order valence-corrected chi connectivity index (χ0v) is 19.9. The third-order valence-electron chi connectivity index (χ3n) is 6.28. The first-order chi connectivity index (χ1) is 16.0. The molecule has 0 saturated carbocycles. The topological polar surface area (TPSA) is 37.3 Å². The van der Waals surface area contributed by atoms with E-state index in [0.29, 0.717) is 6.54 Å². The first-order valence-corrected chi connectivity index (χ1v) is 12.3. The fourth-order valence-electron chi connectivity index (χ4n) is 4.62. The third kappa shape index (κ3) is 4.05. The highest BCUT2D eigenvalue weighted by Gasteiger charge is 2.33. The summed E-state index contributed by atoms with van der Waals surface area (Å²) < 4.78 is 2.22. The van der Waals surface area contributed by atoms with Crippen LogP contribution >= 0.6 is 11.8 Å². The Morgan fingerprint density at radius 3 is 2.52 bits per heavy atom. The molecule has 2 heterocycles. The van der Waals surface area contributed by atoms with Gasteiger partial charge in [0.15, 0.2) is 0 Å². The van der Waals surface area contributed by atoms with Crippen molar-refractivity contribution >= 4 is 23.5 Å². The van der Waals surface area contributed by atoms with Gasteiger partial charge in [-0.1, -0.05) is 48.0 Å². The molecule has 1 aliphatic heterocycles. The molecule has 0 aliphatic carbocycles. The van der Waals surface area contributed by atoms with Crippen LogP contribution in [-0.2, 0) is 6.54 Å². The lowest BCUT2D eigenvalue weighted by Crippen LogP contribution is -2.38. The summed E-state index contributed by atoms with van der Waals surface area (Å²) in [6.07, 6.45) is 4.16. The Balaban J connectivity index is 1.62. The van der Waals surface area contributed by atoms with Crippen molar-refractivity contribution in [1.82, 2.24) is 9.47 Å². The van der Waals surface area contributed by atoms with E-state index in [9.17, 15) is 4.79 Å². The number of anilines is 1. The molecule has 4 aromatic rings. The Morgan fingerprint density at radius 2 is 1.76 bits per heavy atom. The lowest BCUT2D eigenvalue weighted by Gasteiger charge is -2.31. The standard InChI is InChI=1S/C28H27N3OS/c1-19-10-15-24(20(2)17-19)29-28(32)31-18-22-7-4-5-8-25(22)30-16-6-9-26(30)27(31)21-11-13-23(33-3)14-12-21/h4-17,27H,18H2,1-3H3,(H,29,32)/t27-/m1/s1. The van der Waals surface area contributed by atoms with E-state index in [4.69, 9.17) is 0 Å². The van der Waals surface area contributed by atoms with Crippen molar-refractivity contribution in [3.8, 4) is 5.69 Å². The van der Waals surface area contributed by atoms with Crippen molar-refractivity contribution in [1.29, 1.82) is 0 Å². The van der Waals surface area contributed by atoms with Gasteiger partial charge < -0.3 is 14.8 Å². The van der Waals surface area contributed by atoms with Crippen molar-refractivity contribution in [2.24, 2.45) is 0 Å². The van der Waals surface area contributed by atoms with E-state index >= 15 is 0 Å². The maximum Gasteiger partial charge on any atom is 0.322 e. The molecule has 0 radical (unpaired) electrons. The monoisotopic (exact) mass is 453 g/mol. The molecule has 0 fully saturated rings. The fraction of sp³-hybridized carbons (Fsp3) is 0.179. The minimum absolute atomic E-state index is 0.106. The van der Waals surface area contributed by atoms with Crippen LogP contribution in [0, 0.1) is 13.8 Å². The number of amides is 2. The van der Waals surface area contributed by atoms with Gasteiger partial charge >= 0.3 is 6.03 Å². The van der Waals surface area contributed by atoms with Gasteiger partial charge in [-0.3, -0.25) is 0 Å². The molecular formula is C28H27N3OS. The predicted molar refractivity (Wildman–Crippen MR) is 136 cm³/mol. The van der Waals surface area contributed by atoms with Gasteiger partial charge in [-0.05, 0) is 73.2 Å². The van der Waals surface area contributed by atoms with Gasteiger partial charge in [0.2, 0.25) is 0 Å². The van der Waals surface area contributed by atoms with Crippen molar-refractivity contribution < 1.29 is 4.79 Å². The number of benzene rings is 3. The van der Waals surface area contributed by atoms with Crippen LogP contribution in [-0.4, -0.2) is 21.8 Å². The van der Waals surface area contributed by atoms with Gasteiger partial charge in [-0.2, -0.15) is 0 Å². The highest BCUT2D eigenvalue weighted by molar-refractivity contribution is 7.98. The quantitative estimate of drug-likeness (QED) is 0.341. The number of urea groups is 1. The molecule has 166 valence electrons. The number of carbonyl (C=O) groups excluding carboxylic acids is 1. The Hall–Kier alpha value is -3.44. The summed E-state index contributed by atoms with van der Waals surface area (Å²) in [5.74, 6) is 0. The SMILES string of the molecule is CSc1ccc([C@@H]2c3cccn3-c3ccccc3CN2C(=O)Nc2ccc(C)cc2C)cc1. The number of aryl methyl sites for hydroxylation is 2. The Labute approximate surface area is 199 Å². The van der Waals surface area contributed by atoms with Crippen LogP contribution in [0.5, 0.6) is 0 Å². The molecule has 0 unspecified atom stereocenters. The molecule has 1 aromatic heterocycles.